The van der Waals surface area contributed by atoms with E-state index in [-0.39, 0.29) is 23.0 Å². The van der Waals surface area contributed by atoms with Gasteiger partial charge in [0, 0.05) is 0 Å². The summed E-state index contributed by atoms with van der Waals surface area (Å²) in [5, 5.41) is 2.85. The number of esters is 1. The Morgan fingerprint density at radius 3 is 2.35 bits per heavy atom. The van der Waals surface area contributed by atoms with Gasteiger partial charge in [0.2, 0.25) is 5.91 Å². The molecule has 0 bridgehead atoms. The van der Waals surface area contributed by atoms with Crippen molar-refractivity contribution in [2.24, 2.45) is 5.92 Å². The molecule has 20 heavy (non-hydrogen) atoms. The lowest BCUT2D eigenvalue weighted by Gasteiger charge is -2.28. The third-order valence-electron chi connectivity index (χ3n) is 3.10. The van der Waals surface area contributed by atoms with E-state index in [1.807, 2.05) is 34.6 Å². The van der Waals surface area contributed by atoms with Gasteiger partial charge in [0.25, 0.3) is 0 Å². The Hall–Kier alpha value is -0.710. The molecule has 0 spiro atoms. The number of ether oxygens (including phenoxy) is 1. The van der Waals surface area contributed by atoms with Crippen LogP contribution in [0.15, 0.2) is 0 Å². The first-order chi connectivity index (χ1) is 9.20. The predicted molar refractivity (Wildman–Crippen MR) is 82.7 cm³/mol. The van der Waals surface area contributed by atoms with E-state index >= 15 is 0 Å². The minimum absolute atomic E-state index is 0.0161. The minimum atomic E-state index is -0.566. The Morgan fingerprint density at radius 1 is 1.25 bits per heavy atom. The number of carbonyl (C=O) groups is 2. The van der Waals surface area contributed by atoms with Crippen molar-refractivity contribution in [3.05, 3.63) is 0 Å². The molecule has 0 aliphatic carbocycles. The van der Waals surface area contributed by atoms with E-state index in [2.05, 4.69) is 5.32 Å². The van der Waals surface area contributed by atoms with Gasteiger partial charge in [0.05, 0.1) is 5.25 Å². The number of nitrogens with one attached hydrogen (secondary N) is 1. The highest BCUT2D eigenvalue weighted by Gasteiger charge is 2.31. The van der Waals surface area contributed by atoms with Crippen LogP contribution in [0.2, 0.25) is 0 Å². The normalized spacial score (nSPS) is 21.4. The molecule has 1 N–H and O–H groups in total. The van der Waals surface area contributed by atoms with E-state index in [4.69, 9.17) is 4.74 Å². The molecule has 1 rings (SSSR count). The lowest BCUT2D eigenvalue weighted by atomic mass is 10.0. The van der Waals surface area contributed by atoms with Gasteiger partial charge in [0.1, 0.15) is 11.6 Å². The molecule has 4 nitrogen and oxygen atoms in total. The molecule has 1 fully saturated rings. The summed E-state index contributed by atoms with van der Waals surface area (Å²) in [5.74, 6) is 0.667. The van der Waals surface area contributed by atoms with E-state index < -0.39 is 11.6 Å². The summed E-state index contributed by atoms with van der Waals surface area (Å²) < 4.78 is 5.39. The summed E-state index contributed by atoms with van der Waals surface area (Å²) in [7, 11) is 0. The standard InChI is InChI=1S/C15H27NO3S/c1-10(2)12(14(18)19-15(3,4)5)16-13(17)11-8-6-7-9-20-11/h10-12H,6-9H2,1-5H3,(H,16,17)/t11?,12-/m0/s1. The summed E-state index contributed by atoms with van der Waals surface area (Å²) >= 11 is 1.69. The predicted octanol–water partition coefficient (Wildman–Crippen LogP) is 2.75. The quantitative estimate of drug-likeness (QED) is 0.811. The molecular weight excluding hydrogens is 274 g/mol. The molecule has 2 atom stereocenters. The summed E-state index contributed by atoms with van der Waals surface area (Å²) in [4.78, 5) is 24.4. The Kier molecular flexibility index (Phi) is 6.37. The van der Waals surface area contributed by atoms with Crippen molar-refractivity contribution in [2.75, 3.05) is 5.75 Å². The number of hydrogen-bond acceptors (Lipinski definition) is 4. The Labute approximate surface area is 126 Å². The van der Waals surface area contributed by atoms with Crippen molar-refractivity contribution < 1.29 is 14.3 Å². The SMILES string of the molecule is CC(C)[C@H](NC(=O)C1CCCCS1)C(=O)OC(C)(C)C. The molecule has 0 aromatic heterocycles. The Bertz CT molecular complexity index is 344. The van der Waals surface area contributed by atoms with Gasteiger partial charge in [-0.05, 0) is 45.3 Å². The second kappa shape index (κ2) is 7.34. The topological polar surface area (TPSA) is 55.4 Å². The third-order valence-corrected chi connectivity index (χ3v) is 4.47. The zero-order valence-electron chi connectivity index (χ0n) is 13.2. The van der Waals surface area contributed by atoms with Crippen molar-refractivity contribution in [3.63, 3.8) is 0 Å². The molecule has 116 valence electrons. The van der Waals surface area contributed by atoms with E-state index in [0.29, 0.717) is 0 Å². The van der Waals surface area contributed by atoms with Gasteiger partial charge in [-0.15, -0.1) is 11.8 Å². The number of amides is 1. The molecule has 1 saturated heterocycles. The highest BCUT2D eigenvalue weighted by atomic mass is 32.2. The Morgan fingerprint density at radius 2 is 1.90 bits per heavy atom. The number of carbonyl (C=O) groups excluding carboxylic acids is 2. The van der Waals surface area contributed by atoms with Crippen LogP contribution >= 0.6 is 11.8 Å². The summed E-state index contributed by atoms with van der Waals surface area (Å²) in [6.45, 7) is 9.34. The van der Waals surface area contributed by atoms with Gasteiger partial charge >= 0.3 is 5.97 Å². The molecular formula is C15H27NO3S. The average molecular weight is 301 g/mol. The minimum Gasteiger partial charge on any atom is -0.458 e. The molecule has 1 heterocycles. The van der Waals surface area contributed by atoms with Crippen LogP contribution in [0, 0.1) is 5.92 Å². The maximum atomic E-state index is 12.2. The van der Waals surface area contributed by atoms with Crippen LogP contribution in [0.5, 0.6) is 0 Å². The van der Waals surface area contributed by atoms with Crippen molar-refractivity contribution >= 4 is 23.6 Å². The fourth-order valence-electron chi connectivity index (χ4n) is 2.06. The van der Waals surface area contributed by atoms with Crippen LogP contribution in [0.4, 0.5) is 0 Å². The number of rotatable bonds is 4. The largest absolute Gasteiger partial charge is 0.458 e. The first kappa shape index (κ1) is 17.3. The highest BCUT2D eigenvalue weighted by molar-refractivity contribution is 8.00. The second-order valence-corrected chi connectivity index (χ2v) is 7.93. The van der Waals surface area contributed by atoms with Crippen LogP contribution in [-0.4, -0.2) is 34.5 Å². The molecule has 0 aromatic rings. The molecule has 0 saturated carbocycles. The zero-order chi connectivity index (χ0) is 15.3. The van der Waals surface area contributed by atoms with Gasteiger partial charge in [0.15, 0.2) is 0 Å². The third kappa shape index (κ3) is 5.73. The Balaban J connectivity index is 2.62. The molecule has 5 heteroatoms. The van der Waals surface area contributed by atoms with Crippen molar-refractivity contribution in [2.45, 2.75) is 70.8 Å². The van der Waals surface area contributed by atoms with Crippen LogP contribution in [0.25, 0.3) is 0 Å². The average Bonchev–Trinajstić information content (AvgIpc) is 2.34. The van der Waals surface area contributed by atoms with Crippen molar-refractivity contribution in [1.82, 2.24) is 5.32 Å². The monoisotopic (exact) mass is 301 g/mol. The van der Waals surface area contributed by atoms with Crippen LogP contribution in [0.3, 0.4) is 0 Å². The molecule has 1 aliphatic heterocycles. The molecule has 1 aliphatic rings. The van der Waals surface area contributed by atoms with E-state index in [0.717, 1.165) is 18.6 Å². The zero-order valence-corrected chi connectivity index (χ0v) is 14.0. The van der Waals surface area contributed by atoms with Crippen LogP contribution < -0.4 is 5.32 Å². The van der Waals surface area contributed by atoms with Crippen LogP contribution in [-0.2, 0) is 14.3 Å². The maximum Gasteiger partial charge on any atom is 0.329 e. The molecule has 0 radical (unpaired) electrons. The van der Waals surface area contributed by atoms with Gasteiger partial charge in [-0.1, -0.05) is 20.3 Å². The fraction of sp³-hybridized carbons (Fsp3) is 0.867. The maximum absolute atomic E-state index is 12.2. The fourth-order valence-corrected chi connectivity index (χ4v) is 3.26. The summed E-state index contributed by atoms with van der Waals surface area (Å²) in [5.41, 5.74) is -0.533. The van der Waals surface area contributed by atoms with Gasteiger partial charge in [-0.2, -0.15) is 0 Å². The lowest BCUT2D eigenvalue weighted by Crippen LogP contribution is -2.50. The second-order valence-electron chi connectivity index (χ2n) is 6.62. The van der Waals surface area contributed by atoms with Crippen molar-refractivity contribution in [1.29, 1.82) is 0 Å². The van der Waals surface area contributed by atoms with Gasteiger partial charge < -0.3 is 10.1 Å². The highest BCUT2D eigenvalue weighted by Crippen LogP contribution is 2.25. The van der Waals surface area contributed by atoms with Crippen molar-refractivity contribution in [3.8, 4) is 0 Å². The van der Waals surface area contributed by atoms with Gasteiger partial charge in [-0.3, -0.25) is 4.79 Å². The molecule has 1 amide bonds. The smallest absolute Gasteiger partial charge is 0.329 e. The molecule has 0 aromatic carbocycles. The number of thioether (sulfide) groups is 1. The first-order valence-corrected chi connectivity index (χ1v) is 8.40. The van der Waals surface area contributed by atoms with Crippen LogP contribution in [0.1, 0.15) is 53.9 Å². The molecule has 1 unspecified atom stereocenters. The van der Waals surface area contributed by atoms with E-state index in [1.165, 1.54) is 6.42 Å². The van der Waals surface area contributed by atoms with Gasteiger partial charge in [-0.25, -0.2) is 4.79 Å². The first-order valence-electron chi connectivity index (χ1n) is 7.35. The summed E-state index contributed by atoms with van der Waals surface area (Å²) in [6.07, 6.45) is 3.16. The lowest BCUT2D eigenvalue weighted by molar-refractivity contribution is -0.160. The van der Waals surface area contributed by atoms with E-state index in [1.54, 1.807) is 11.8 Å². The summed E-state index contributed by atoms with van der Waals surface area (Å²) in [6, 6.07) is -0.566. The van der Waals surface area contributed by atoms with E-state index in [9.17, 15) is 9.59 Å². The number of hydrogen-bond donors (Lipinski definition) is 1.